The maximum atomic E-state index is 12.9. The van der Waals surface area contributed by atoms with Gasteiger partial charge in [-0.25, -0.2) is 0 Å². The van der Waals surface area contributed by atoms with Crippen molar-refractivity contribution in [3.8, 4) is 5.75 Å². The molecule has 7 nitrogen and oxygen atoms in total. The van der Waals surface area contributed by atoms with E-state index in [1.165, 1.54) is 0 Å². The number of carbonyl (C=O) groups is 3. The minimum absolute atomic E-state index is 0.00219. The maximum absolute atomic E-state index is 12.9. The number of methoxy groups -OCH3 is 1. The average Bonchev–Trinajstić information content (AvgIpc) is 2.75. The van der Waals surface area contributed by atoms with Crippen LogP contribution in [0.25, 0.3) is 0 Å². The predicted octanol–water partition coefficient (Wildman–Crippen LogP) is 2.85. The van der Waals surface area contributed by atoms with Crippen molar-refractivity contribution >= 4 is 17.7 Å². The van der Waals surface area contributed by atoms with Crippen LogP contribution in [0, 0.1) is 17.8 Å². The molecule has 0 saturated carbocycles. The van der Waals surface area contributed by atoms with Crippen LogP contribution in [-0.2, 0) is 9.59 Å². The summed E-state index contributed by atoms with van der Waals surface area (Å²) in [7, 11) is 1.58. The lowest BCUT2D eigenvalue weighted by Gasteiger charge is -2.36. The highest BCUT2D eigenvalue weighted by Gasteiger charge is 2.34. The third-order valence-electron chi connectivity index (χ3n) is 5.49. The summed E-state index contributed by atoms with van der Waals surface area (Å²) in [6.45, 7) is 9.71. The van der Waals surface area contributed by atoms with Crippen LogP contribution < -0.4 is 15.4 Å². The van der Waals surface area contributed by atoms with E-state index in [9.17, 15) is 14.4 Å². The summed E-state index contributed by atoms with van der Waals surface area (Å²) >= 11 is 0. The Hall–Kier alpha value is -2.57. The number of ether oxygens (including phenoxy) is 1. The smallest absolute Gasteiger partial charge is 0.253 e. The van der Waals surface area contributed by atoms with E-state index >= 15 is 0 Å². The summed E-state index contributed by atoms with van der Waals surface area (Å²) in [5.74, 6) is 0.924. The number of piperidine rings is 1. The number of nitrogens with one attached hydrogen (secondary N) is 2. The first kappa shape index (κ1) is 24.7. The van der Waals surface area contributed by atoms with E-state index in [1.54, 1.807) is 25.3 Å². The molecule has 0 radical (unpaired) electrons. The van der Waals surface area contributed by atoms with Gasteiger partial charge < -0.3 is 20.3 Å². The molecule has 1 aliphatic heterocycles. The lowest BCUT2D eigenvalue weighted by molar-refractivity contribution is -0.131. The first-order chi connectivity index (χ1) is 14.7. The maximum Gasteiger partial charge on any atom is 0.253 e. The monoisotopic (exact) mass is 431 g/mol. The molecule has 172 valence electrons. The van der Waals surface area contributed by atoms with Gasteiger partial charge in [0.1, 0.15) is 11.8 Å². The van der Waals surface area contributed by atoms with Crippen molar-refractivity contribution < 1.29 is 19.1 Å². The molecule has 1 aliphatic rings. The molecule has 0 bridgehead atoms. The van der Waals surface area contributed by atoms with Gasteiger partial charge in [-0.15, -0.1) is 0 Å². The van der Waals surface area contributed by atoms with Crippen LogP contribution >= 0.6 is 0 Å². The van der Waals surface area contributed by atoms with Crippen molar-refractivity contribution in [2.45, 2.75) is 53.0 Å². The zero-order chi connectivity index (χ0) is 23.0. The van der Waals surface area contributed by atoms with Gasteiger partial charge in [0.15, 0.2) is 0 Å². The predicted molar refractivity (Wildman–Crippen MR) is 121 cm³/mol. The molecule has 31 heavy (non-hydrogen) atoms. The third-order valence-corrected chi connectivity index (χ3v) is 5.49. The van der Waals surface area contributed by atoms with E-state index in [1.807, 2.05) is 38.7 Å². The second-order valence-electron chi connectivity index (χ2n) is 9.14. The molecule has 0 aromatic heterocycles. The van der Waals surface area contributed by atoms with E-state index < -0.39 is 6.04 Å². The quantitative estimate of drug-likeness (QED) is 0.629. The Morgan fingerprint density at radius 1 is 1.10 bits per heavy atom. The van der Waals surface area contributed by atoms with Crippen LogP contribution in [0.2, 0.25) is 0 Å². The molecule has 1 fully saturated rings. The van der Waals surface area contributed by atoms with Crippen molar-refractivity contribution in [2.75, 3.05) is 26.7 Å². The van der Waals surface area contributed by atoms with E-state index in [2.05, 4.69) is 10.6 Å². The van der Waals surface area contributed by atoms with Crippen LogP contribution in [0.5, 0.6) is 5.75 Å². The Balaban J connectivity index is 2.03. The molecule has 3 amide bonds. The van der Waals surface area contributed by atoms with Crippen LogP contribution in [0.15, 0.2) is 24.3 Å². The molecule has 1 aromatic carbocycles. The molecule has 1 atom stereocenters. The number of amides is 3. The standard InChI is InChI=1S/C24H37N3O4/c1-16(2)13-21(28)26-22(23(29)25-15-17(3)4)18-9-11-27(12-10-18)24(30)19-7-6-8-20(14-19)31-5/h6-8,14,16-18,22H,9-13,15H2,1-5H3,(H,25,29)(H,26,28)/t22-/m0/s1. The summed E-state index contributed by atoms with van der Waals surface area (Å²) in [6.07, 6.45) is 1.72. The topological polar surface area (TPSA) is 87.7 Å². The molecule has 1 heterocycles. The average molecular weight is 432 g/mol. The molecule has 0 unspecified atom stereocenters. The lowest BCUT2D eigenvalue weighted by atomic mass is 9.88. The van der Waals surface area contributed by atoms with Crippen LogP contribution in [-0.4, -0.2) is 55.4 Å². The SMILES string of the molecule is COc1cccc(C(=O)N2CCC([C@H](NC(=O)CC(C)C)C(=O)NCC(C)C)CC2)c1. The molecule has 7 heteroatoms. The molecule has 0 aliphatic carbocycles. The van der Waals surface area contributed by atoms with E-state index in [-0.39, 0.29) is 29.6 Å². The molecule has 1 aromatic rings. The zero-order valence-electron chi connectivity index (χ0n) is 19.4. The second-order valence-corrected chi connectivity index (χ2v) is 9.14. The fraction of sp³-hybridized carbons (Fsp3) is 0.625. The summed E-state index contributed by atoms with van der Waals surface area (Å²) < 4.78 is 5.22. The highest BCUT2D eigenvalue weighted by Crippen LogP contribution is 2.24. The molecular formula is C24H37N3O4. The fourth-order valence-corrected chi connectivity index (χ4v) is 3.79. The van der Waals surface area contributed by atoms with Gasteiger partial charge in [-0.05, 0) is 48.8 Å². The summed E-state index contributed by atoms with van der Waals surface area (Å²) in [5, 5.41) is 5.92. The lowest BCUT2D eigenvalue weighted by Crippen LogP contribution is -2.54. The molecule has 1 saturated heterocycles. The van der Waals surface area contributed by atoms with Crippen molar-refractivity contribution in [1.82, 2.24) is 15.5 Å². The largest absolute Gasteiger partial charge is 0.497 e. The number of likely N-dealkylation sites (tertiary alicyclic amines) is 1. The first-order valence-electron chi connectivity index (χ1n) is 11.2. The van der Waals surface area contributed by atoms with E-state index in [0.29, 0.717) is 56.1 Å². The highest BCUT2D eigenvalue weighted by atomic mass is 16.5. The van der Waals surface area contributed by atoms with Gasteiger partial charge >= 0.3 is 0 Å². The van der Waals surface area contributed by atoms with Gasteiger partial charge in [-0.1, -0.05) is 33.8 Å². The summed E-state index contributed by atoms with van der Waals surface area (Å²) in [6, 6.07) is 6.56. The Morgan fingerprint density at radius 2 is 1.77 bits per heavy atom. The Bertz CT molecular complexity index is 755. The first-order valence-corrected chi connectivity index (χ1v) is 11.2. The van der Waals surface area contributed by atoms with E-state index in [4.69, 9.17) is 4.74 Å². The van der Waals surface area contributed by atoms with Gasteiger partial charge in [0.25, 0.3) is 5.91 Å². The molecule has 0 spiro atoms. The van der Waals surface area contributed by atoms with Crippen molar-refractivity contribution in [1.29, 1.82) is 0 Å². The number of hydrogen-bond donors (Lipinski definition) is 2. The van der Waals surface area contributed by atoms with Gasteiger partial charge in [0.05, 0.1) is 7.11 Å². The number of benzene rings is 1. The fourth-order valence-electron chi connectivity index (χ4n) is 3.79. The zero-order valence-corrected chi connectivity index (χ0v) is 19.4. The number of rotatable bonds is 9. The van der Waals surface area contributed by atoms with Crippen molar-refractivity contribution in [3.05, 3.63) is 29.8 Å². The third kappa shape index (κ3) is 7.56. The van der Waals surface area contributed by atoms with Crippen molar-refractivity contribution in [2.24, 2.45) is 17.8 Å². The minimum atomic E-state index is -0.570. The van der Waals surface area contributed by atoms with Crippen LogP contribution in [0.4, 0.5) is 0 Å². The van der Waals surface area contributed by atoms with Crippen molar-refractivity contribution in [3.63, 3.8) is 0 Å². The molecular weight excluding hydrogens is 394 g/mol. The van der Waals surface area contributed by atoms with Gasteiger partial charge in [-0.2, -0.15) is 0 Å². The van der Waals surface area contributed by atoms with Gasteiger partial charge in [0.2, 0.25) is 11.8 Å². The van der Waals surface area contributed by atoms with Gasteiger partial charge in [-0.3, -0.25) is 14.4 Å². The van der Waals surface area contributed by atoms with Crippen LogP contribution in [0.3, 0.4) is 0 Å². The Kier molecular flexibility index (Phi) is 9.34. The number of hydrogen-bond acceptors (Lipinski definition) is 4. The summed E-state index contributed by atoms with van der Waals surface area (Å²) in [4.78, 5) is 39.9. The normalized spacial score (nSPS) is 15.6. The summed E-state index contributed by atoms with van der Waals surface area (Å²) in [5.41, 5.74) is 0.592. The number of carbonyl (C=O) groups excluding carboxylic acids is 3. The highest BCUT2D eigenvalue weighted by molar-refractivity contribution is 5.94. The molecule has 2 N–H and O–H groups in total. The van der Waals surface area contributed by atoms with E-state index in [0.717, 1.165) is 0 Å². The Morgan fingerprint density at radius 3 is 2.35 bits per heavy atom. The Labute approximate surface area is 185 Å². The molecule has 2 rings (SSSR count). The number of nitrogens with zero attached hydrogens (tertiary/aromatic N) is 1. The second kappa shape index (κ2) is 11.7. The van der Waals surface area contributed by atoms with Crippen LogP contribution in [0.1, 0.15) is 57.3 Å². The van der Waals surface area contributed by atoms with Gasteiger partial charge in [0, 0.05) is 31.6 Å². The minimum Gasteiger partial charge on any atom is -0.497 e.